The topological polar surface area (TPSA) is 62.9 Å². The monoisotopic (exact) mass is 320 g/mol. The molecule has 1 aromatic heterocycles. The Morgan fingerprint density at radius 2 is 1.79 bits per heavy atom. The Morgan fingerprint density at radius 3 is 2.42 bits per heavy atom. The molecule has 0 aliphatic heterocycles. The summed E-state index contributed by atoms with van der Waals surface area (Å²) in [5.74, 6) is -0.00432. The van der Waals surface area contributed by atoms with E-state index in [4.69, 9.17) is 0 Å². The van der Waals surface area contributed by atoms with Crippen LogP contribution >= 0.6 is 0 Å². The molecule has 1 aliphatic rings. The number of hydrogen-bond acceptors (Lipinski definition) is 3. The molecule has 0 spiro atoms. The molecule has 4 nitrogen and oxygen atoms in total. The highest BCUT2D eigenvalue weighted by Crippen LogP contribution is 2.35. The first kappa shape index (κ1) is 16.2. The second-order valence-electron chi connectivity index (χ2n) is 7.38. The molecule has 1 aliphatic carbocycles. The molecule has 1 heterocycles. The molecule has 0 saturated heterocycles. The Kier molecular flexibility index (Phi) is 3.68. The third-order valence-corrected chi connectivity index (χ3v) is 4.76. The standard InChI is InChI=1S/C20H20N2O2/c1-12-5-6-15(7-13(12)2)22-17-9-20(3,4)10-18(23)16(17)8-14(11-21)19(22)24/h5-8H,9-10H2,1-4H3. The molecular weight excluding hydrogens is 300 g/mol. The van der Waals surface area contributed by atoms with E-state index < -0.39 is 0 Å². The molecule has 1 aromatic carbocycles. The number of hydrogen-bond donors (Lipinski definition) is 0. The number of nitriles is 1. The molecule has 0 amide bonds. The normalized spacial score (nSPS) is 15.7. The van der Waals surface area contributed by atoms with Crippen molar-refractivity contribution in [1.29, 1.82) is 5.26 Å². The number of carbonyl (C=O) groups is 1. The Hall–Kier alpha value is -2.67. The van der Waals surface area contributed by atoms with Gasteiger partial charge in [0, 0.05) is 23.4 Å². The maximum absolute atomic E-state index is 12.8. The average molecular weight is 320 g/mol. The van der Waals surface area contributed by atoms with Crippen molar-refractivity contribution in [2.45, 2.75) is 40.5 Å². The molecule has 0 N–H and O–H groups in total. The van der Waals surface area contributed by atoms with E-state index in [0.29, 0.717) is 29.8 Å². The Bertz CT molecular complexity index is 959. The largest absolute Gasteiger partial charge is 0.294 e. The van der Waals surface area contributed by atoms with E-state index in [2.05, 4.69) is 0 Å². The van der Waals surface area contributed by atoms with Crippen molar-refractivity contribution < 1.29 is 4.79 Å². The molecule has 122 valence electrons. The lowest BCUT2D eigenvalue weighted by atomic mass is 9.75. The number of rotatable bonds is 1. The van der Waals surface area contributed by atoms with Crippen molar-refractivity contribution in [3.63, 3.8) is 0 Å². The van der Waals surface area contributed by atoms with Gasteiger partial charge in [-0.25, -0.2) is 0 Å². The molecule has 2 aromatic rings. The molecule has 3 rings (SSSR count). The van der Waals surface area contributed by atoms with Crippen LogP contribution in [0.25, 0.3) is 5.69 Å². The molecule has 24 heavy (non-hydrogen) atoms. The second-order valence-corrected chi connectivity index (χ2v) is 7.38. The van der Waals surface area contributed by atoms with Gasteiger partial charge in [-0.1, -0.05) is 19.9 Å². The number of carbonyl (C=O) groups excluding carboxylic acids is 1. The summed E-state index contributed by atoms with van der Waals surface area (Å²) in [7, 11) is 0. The highest BCUT2D eigenvalue weighted by atomic mass is 16.1. The molecular formula is C20H20N2O2. The van der Waals surface area contributed by atoms with E-state index in [1.54, 1.807) is 4.57 Å². The average Bonchev–Trinajstić information content (AvgIpc) is 2.49. The Balaban J connectivity index is 2.38. The quantitative estimate of drug-likeness (QED) is 0.808. The Labute approximate surface area is 141 Å². The first-order chi connectivity index (χ1) is 11.2. The van der Waals surface area contributed by atoms with Crippen molar-refractivity contribution in [1.82, 2.24) is 4.57 Å². The van der Waals surface area contributed by atoms with Gasteiger partial charge in [0.25, 0.3) is 5.56 Å². The minimum Gasteiger partial charge on any atom is -0.294 e. The lowest BCUT2D eigenvalue weighted by molar-refractivity contribution is 0.0909. The van der Waals surface area contributed by atoms with Crippen molar-refractivity contribution in [2.75, 3.05) is 0 Å². The summed E-state index contributed by atoms with van der Waals surface area (Å²) in [5.41, 5.74) is 3.58. The van der Waals surface area contributed by atoms with E-state index in [0.717, 1.165) is 11.1 Å². The maximum Gasteiger partial charge on any atom is 0.273 e. The van der Waals surface area contributed by atoms with Crippen LogP contribution in [0.3, 0.4) is 0 Å². The number of aromatic nitrogens is 1. The zero-order valence-corrected chi connectivity index (χ0v) is 14.4. The minimum atomic E-state index is -0.356. The Morgan fingerprint density at radius 1 is 1.08 bits per heavy atom. The summed E-state index contributed by atoms with van der Waals surface area (Å²) in [4.78, 5) is 25.4. The number of fused-ring (bicyclic) bond motifs is 1. The third kappa shape index (κ3) is 2.56. The predicted molar refractivity (Wildman–Crippen MR) is 92.7 cm³/mol. The van der Waals surface area contributed by atoms with Gasteiger partial charge >= 0.3 is 0 Å². The third-order valence-electron chi connectivity index (χ3n) is 4.76. The van der Waals surface area contributed by atoms with Gasteiger partial charge in [0.15, 0.2) is 5.78 Å². The fourth-order valence-corrected chi connectivity index (χ4v) is 3.33. The molecule has 0 atom stereocenters. The van der Waals surface area contributed by atoms with Gasteiger partial charge < -0.3 is 0 Å². The second kappa shape index (κ2) is 5.45. The van der Waals surface area contributed by atoms with E-state index in [9.17, 15) is 14.9 Å². The van der Waals surface area contributed by atoms with E-state index in [-0.39, 0.29) is 22.3 Å². The summed E-state index contributed by atoms with van der Waals surface area (Å²) < 4.78 is 1.55. The smallest absolute Gasteiger partial charge is 0.273 e. The first-order valence-corrected chi connectivity index (χ1v) is 8.03. The van der Waals surface area contributed by atoms with Crippen LogP contribution in [0.15, 0.2) is 29.1 Å². The van der Waals surface area contributed by atoms with Crippen LogP contribution in [0.4, 0.5) is 0 Å². The zero-order chi connectivity index (χ0) is 17.6. The molecule has 0 fully saturated rings. The summed E-state index contributed by atoms with van der Waals surface area (Å²) in [6, 6.07) is 9.17. The van der Waals surface area contributed by atoms with Crippen molar-refractivity contribution in [2.24, 2.45) is 5.41 Å². The molecule has 0 saturated carbocycles. The lowest BCUT2D eigenvalue weighted by Gasteiger charge is -2.32. The van der Waals surface area contributed by atoms with Crippen LogP contribution in [-0.2, 0) is 6.42 Å². The van der Waals surface area contributed by atoms with Gasteiger partial charge in [0.2, 0.25) is 0 Å². The number of Topliss-reactive ketones (excluding diaryl/α,β-unsaturated/α-hetero) is 1. The van der Waals surface area contributed by atoms with Crippen molar-refractivity contribution in [3.05, 3.63) is 62.6 Å². The zero-order valence-electron chi connectivity index (χ0n) is 14.4. The maximum atomic E-state index is 12.8. The van der Waals surface area contributed by atoms with Gasteiger partial charge in [-0.3, -0.25) is 14.2 Å². The number of benzene rings is 1. The minimum absolute atomic E-state index is 0.00432. The predicted octanol–water partition coefficient (Wildman–Crippen LogP) is 3.48. The van der Waals surface area contributed by atoms with Gasteiger partial charge in [-0.15, -0.1) is 0 Å². The highest BCUT2D eigenvalue weighted by Gasteiger charge is 2.34. The SMILES string of the molecule is Cc1ccc(-n2c3c(cc(C#N)c2=O)C(=O)CC(C)(C)C3)cc1C. The summed E-state index contributed by atoms with van der Waals surface area (Å²) >= 11 is 0. The van der Waals surface area contributed by atoms with Crippen LogP contribution in [-0.4, -0.2) is 10.4 Å². The van der Waals surface area contributed by atoms with E-state index >= 15 is 0 Å². The van der Waals surface area contributed by atoms with Crippen LogP contribution < -0.4 is 5.56 Å². The van der Waals surface area contributed by atoms with Crippen LogP contribution in [0.5, 0.6) is 0 Å². The lowest BCUT2D eigenvalue weighted by Crippen LogP contribution is -2.35. The number of aryl methyl sites for hydroxylation is 2. The number of ketones is 1. The number of nitrogens with zero attached hydrogens (tertiary/aromatic N) is 2. The van der Waals surface area contributed by atoms with Crippen LogP contribution in [0, 0.1) is 30.6 Å². The summed E-state index contributed by atoms with van der Waals surface area (Å²) in [6.07, 6.45) is 1.05. The van der Waals surface area contributed by atoms with Gasteiger partial charge in [0.1, 0.15) is 11.6 Å². The highest BCUT2D eigenvalue weighted by molar-refractivity contribution is 5.99. The van der Waals surface area contributed by atoms with E-state index in [1.807, 2.05) is 52.0 Å². The summed E-state index contributed by atoms with van der Waals surface area (Å²) in [5, 5.41) is 9.30. The molecule has 0 radical (unpaired) electrons. The molecule has 0 unspecified atom stereocenters. The van der Waals surface area contributed by atoms with Gasteiger partial charge in [-0.05, 0) is 55.0 Å². The summed E-state index contributed by atoms with van der Waals surface area (Å²) in [6.45, 7) is 8.05. The van der Waals surface area contributed by atoms with Crippen LogP contribution in [0.1, 0.15) is 53.0 Å². The number of pyridine rings is 1. The first-order valence-electron chi connectivity index (χ1n) is 8.03. The van der Waals surface area contributed by atoms with Crippen molar-refractivity contribution in [3.8, 4) is 11.8 Å². The van der Waals surface area contributed by atoms with Gasteiger partial charge in [0.05, 0.1) is 0 Å². The van der Waals surface area contributed by atoms with E-state index in [1.165, 1.54) is 6.07 Å². The molecule has 0 bridgehead atoms. The van der Waals surface area contributed by atoms with Crippen LogP contribution in [0.2, 0.25) is 0 Å². The molecule has 4 heteroatoms. The van der Waals surface area contributed by atoms with Crippen molar-refractivity contribution >= 4 is 5.78 Å². The fraction of sp³-hybridized carbons (Fsp3) is 0.350. The van der Waals surface area contributed by atoms with Gasteiger partial charge in [-0.2, -0.15) is 5.26 Å². The fourth-order valence-electron chi connectivity index (χ4n) is 3.33.